The number of non-ortho nitro benzene ring substituents is 1. The summed E-state index contributed by atoms with van der Waals surface area (Å²) < 4.78 is 10.1. The molecule has 210 valence electrons. The number of hydrogen-bond donors (Lipinski definition) is 3. The molecule has 0 fully saturated rings. The monoisotopic (exact) mass is 542 g/mol. The number of Topliss-reactive ketones (excluding diaryl/α,β-unsaturated/α-hetero) is 1. The lowest BCUT2D eigenvalue weighted by molar-refractivity contribution is -0.384. The van der Waals surface area contributed by atoms with Crippen LogP contribution in [0.4, 0.5) is 21.0 Å². The molecule has 1 unspecified atom stereocenters. The lowest BCUT2D eigenvalue weighted by Crippen LogP contribution is -2.32. The van der Waals surface area contributed by atoms with Crippen molar-refractivity contribution in [1.82, 2.24) is 5.32 Å². The number of nitrogens with two attached hydrogens (primary N) is 1. The van der Waals surface area contributed by atoms with E-state index in [0.29, 0.717) is 30.6 Å². The Balaban J connectivity index is 1.91. The molecule has 12 nitrogen and oxygen atoms in total. The highest BCUT2D eigenvalue weighted by Gasteiger charge is 2.26. The smallest absolute Gasteiger partial charge is 0.429 e. The second kappa shape index (κ2) is 15.1. The van der Waals surface area contributed by atoms with Gasteiger partial charge < -0.3 is 25.8 Å². The van der Waals surface area contributed by atoms with Gasteiger partial charge in [-0.15, -0.1) is 0 Å². The fraction of sp³-hybridized carbons (Fsp3) is 0.407. The average Bonchev–Trinajstić information content (AvgIpc) is 2.89. The van der Waals surface area contributed by atoms with Crippen LogP contribution in [0.25, 0.3) is 0 Å². The van der Waals surface area contributed by atoms with E-state index in [9.17, 15) is 29.3 Å². The zero-order valence-corrected chi connectivity index (χ0v) is 22.2. The van der Waals surface area contributed by atoms with Crippen LogP contribution >= 0.6 is 0 Å². The first kappa shape index (κ1) is 30.7. The number of primary amides is 1. The summed E-state index contributed by atoms with van der Waals surface area (Å²) in [4.78, 5) is 58.6. The van der Waals surface area contributed by atoms with Crippen LogP contribution in [0, 0.1) is 27.9 Å². The predicted molar refractivity (Wildman–Crippen MR) is 143 cm³/mol. The van der Waals surface area contributed by atoms with Crippen molar-refractivity contribution in [3.63, 3.8) is 0 Å². The maximum atomic E-state index is 13.0. The first-order valence-corrected chi connectivity index (χ1v) is 12.5. The van der Waals surface area contributed by atoms with E-state index in [1.54, 1.807) is 24.3 Å². The van der Waals surface area contributed by atoms with Gasteiger partial charge >= 0.3 is 12.2 Å². The predicted octanol–water partition coefficient (Wildman–Crippen LogP) is 4.56. The second-order valence-electron chi connectivity index (χ2n) is 9.41. The zero-order valence-electron chi connectivity index (χ0n) is 22.2. The average molecular weight is 543 g/mol. The van der Waals surface area contributed by atoms with E-state index in [0.717, 1.165) is 0 Å². The molecule has 2 aromatic rings. The Bertz CT molecular complexity index is 1150. The number of carbonyl (C=O) groups is 4. The van der Waals surface area contributed by atoms with E-state index in [1.165, 1.54) is 24.3 Å². The molecule has 3 amide bonds. The highest BCUT2D eigenvalue weighted by atomic mass is 16.7. The van der Waals surface area contributed by atoms with Gasteiger partial charge in [0.2, 0.25) is 5.91 Å². The van der Waals surface area contributed by atoms with Gasteiger partial charge in [-0.2, -0.15) is 0 Å². The van der Waals surface area contributed by atoms with Crippen LogP contribution in [0.3, 0.4) is 0 Å². The lowest BCUT2D eigenvalue weighted by atomic mass is 9.86. The summed E-state index contributed by atoms with van der Waals surface area (Å²) in [6, 6.07) is 10.9. The molecule has 4 N–H and O–H groups in total. The molecule has 0 aliphatic carbocycles. The number of rotatable bonds is 14. The van der Waals surface area contributed by atoms with Gasteiger partial charge in [0.25, 0.3) is 5.69 Å². The summed E-state index contributed by atoms with van der Waals surface area (Å²) in [5.41, 5.74) is 6.08. The first-order valence-electron chi connectivity index (χ1n) is 12.5. The van der Waals surface area contributed by atoms with Gasteiger partial charge in [-0.05, 0) is 48.6 Å². The molecule has 2 aromatic carbocycles. The number of ketones is 1. The maximum Gasteiger partial charge on any atom is 0.514 e. The second-order valence-corrected chi connectivity index (χ2v) is 9.41. The Morgan fingerprint density at radius 1 is 1.00 bits per heavy atom. The summed E-state index contributed by atoms with van der Waals surface area (Å²) in [5.74, 6) is -0.819. The Morgan fingerprint density at radius 3 is 2.21 bits per heavy atom. The van der Waals surface area contributed by atoms with Crippen LogP contribution < -0.4 is 21.1 Å². The summed E-state index contributed by atoms with van der Waals surface area (Å²) in [6.45, 7) is 5.95. The molecule has 0 aliphatic heterocycles. The van der Waals surface area contributed by atoms with E-state index < -0.39 is 23.0 Å². The van der Waals surface area contributed by atoms with Crippen molar-refractivity contribution >= 4 is 35.3 Å². The topological polar surface area (TPSA) is 180 Å². The third kappa shape index (κ3) is 10.8. The Hall–Kier alpha value is -4.48. The number of urea groups is 1. The van der Waals surface area contributed by atoms with Crippen molar-refractivity contribution < 1.29 is 33.6 Å². The normalized spacial score (nSPS) is 12.2. The molecule has 39 heavy (non-hydrogen) atoms. The third-order valence-electron chi connectivity index (χ3n) is 6.18. The molecule has 12 heteroatoms. The van der Waals surface area contributed by atoms with Crippen molar-refractivity contribution in [3.05, 3.63) is 64.2 Å². The van der Waals surface area contributed by atoms with Gasteiger partial charge in [-0.3, -0.25) is 19.7 Å². The van der Waals surface area contributed by atoms with E-state index in [1.807, 2.05) is 20.8 Å². The fourth-order valence-electron chi connectivity index (χ4n) is 3.52. The first-order chi connectivity index (χ1) is 18.5. The van der Waals surface area contributed by atoms with Crippen LogP contribution in [-0.4, -0.2) is 35.3 Å². The van der Waals surface area contributed by atoms with Crippen molar-refractivity contribution in [1.29, 1.82) is 0 Å². The van der Waals surface area contributed by atoms with Gasteiger partial charge in [0.05, 0.1) is 4.92 Å². The minimum Gasteiger partial charge on any atom is -0.429 e. The van der Waals surface area contributed by atoms with Crippen LogP contribution in [0.15, 0.2) is 48.5 Å². The molecule has 0 saturated heterocycles. The molecule has 0 radical (unpaired) electrons. The van der Waals surface area contributed by atoms with Gasteiger partial charge in [-0.25, -0.2) is 9.59 Å². The van der Waals surface area contributed by atoms with E-state index in [2.05, 4.69) is 10.6 Å². The van der Waals surface area contributed by atoms with E-state index in [-0.39, 0.29) is 48.0 Å². The number of nitrogens with zero attached hydrogens (tertiary/aromatic N) is 1. The molecule has 0 heterocycles. The molecule has 2 atom stereocenters. The van der Waals surface area contributed by atoms with Crippen LogP contribution in [0.1, 0.15) is 45.6 Å². The highest BCUT2D eigenvalue weighted by Crippen LogP contribution is 2.22. The van der Waals surface area contributed by atoms with Gasteiger partial charge in [0.15, 0.2) is 0 Å². The fourth-order valence-corrected chi connectivity index (χ4v) is 3.52. The molecular weight excluding hydrogens is 508 g/mol. The highest BCUT2D eigenvalue weighted by molar-refractivity contribution is 5.95. The zero-order chi connectivity index (χ0) is 28.9. The van der Waals surface area contributed by atoms with Crippen molar-refractivity contribution in [2.45, 2.75) is 46.6 Å². The van der Waals surface area contributed by atoms with Gasteiger partial charge in [0, 0.05) is 42.6 Å². The number of carbonyl (C=O) groups excluding carboxylic acids is 4. The summed E-state index contributed by atoms with van der Waals surface area (Å²) in [5, 5.41) is 16.0. The number of benzene rings is 2. The Morgan fingerprint density at radius 2 is 1.64 bits per heavy atom. The van der Waals surface area contributed by atoms with Crippen molar-refractivity contribution in [2.24, 2.45) is 23.5 Å². The molecule has 0 aliphatic rings. The van der Waals surface area contributed by atoms with Gasteiger partial charge in [0.1, 0.15) is 18.1 Å². The number of nitro benzene ring substituents is 1. The summed E-state index contributed by atoms with van der Waals surface area (Å²) >= 11 is 0. The molecular formula is C27H34N4O8. The molecule has 2 rings (SSSR count). The summed E-state index contributed by atoms with van der Waals surface area (Å²) in [6.07, 6.45) is -0.0118. The Labute approximate surface area is 226 Å². The quantitative estimate of drug-likeness (QED) is 0.102. The molecule has 0 bridgehead atoms. The number of nitrogens with one attached hydrogen (secondary N) is 2. The number of ether oxygens (including phenoxy) is 2. The van der Waals surface area contributed by atoms with E-state index >= 15 is 0 Å². The molecule has 0 saturated carbocycles. The minimum absolute atomic E-state index is 0.00104. The van der Waals surface area contributed by atoms with Crippen LogP contribution in [0.5, 0.6) is 5.75 Å². The number of hydrogen-bond acceptors (Lipinski definition) is 8. The minimum atomic E-state index is -0.977. The van der Waals surface area contributed by atoms with Gasteiger partial charge in [-0.1, -0.05) is 32.9 Å². The number of nitro groups is 1. The largest absolute Gasteiger partial charge is 0.514 e. The SMILES string of the molecule is CC(C)C(C)C(=O)C[C@@H](CCCNC(N)=O)C(=O)Nc1ccc(COC(=O)Oc2ccc([N+](=O)[O-])cc2)cc1. The molecule has 0 aromatic heterocycles. The Kier molecular flexibility index (Phi) is 11.9. The molecule has 0 spiro atoms. The third-order valence-corrected chi connectivity index (χ3v) is 6.18. The van der Waals surface area contributed by atoms with Crippen LogP contribution in [-0.2, 0) is 20.9 Å². The van der Waals surface area contributed by atoms with E-state index in [4.69, 9.17) is 15.2 Å². The number of amides is 3. The lowest BCUT2D eigenvalue weighted by Gasteiger charge is -2.20. The number of anilines is 1. The van der Waals surface area contributed by atoms with Crippen LogP contribution in [0.2, 0.25) is 0 Å². The summed E-state index contributed by atoms with van der Waals surface area (Å²) in [7, 11) is 0. The van der Waals surface area contributed by atoms with Crippen molar-refractivity contribution in [2.75, 3.05) is 11.9 Å². The maximum absolute atomic E-state index is 13.0. The standard InChI is InChI=1S/C27H34N4O8/c1-17(2)18(3)24(32)15-20(5-4-14-29-26(28)34)25(33)30-21-8-6-19(7-9-21)16-38-27(35)39-23-12-10-22(11-13-23)31(36)37/h6-13,17-18,20H,4-5,14-16H2,1-3H3,(H,30,33)(H3,28,29,34)/t18?,20-/m1/s1. The van der Waals surface area contributed by atoms with Crippen molar-refractivity contribution in [3.8, 4) is 5.75 Å².